The lowest BCUT2D eigenvalue weighted by molar-refractivity contribution is 0.589. The molecule has 0 atom stereocenters. The Kier molecular flexibility index (Phi) is 7.58. The summed E-state index contributed by atoms with van der Waals surface area (Å²) in [7, 11) is 0. The summed E-state index contributed by atoms with van der Waals surface area (Å²) in [5, 5.41) is 15.6. The summed E-state index contributed by atoms with van der Waals surface area (Å²) in [6.45, 7) is 18.6. The molecule has 0 aliphatic heterocycles. The van der Waals surface area contributed by atoms with Crippen molar-refractivity contribution in [3.63, 3.8) is 0 Å². The smallest absolute Gasteiger partial charge is 0.00259 e. The Balaban J connectivity index is 1.54. The van der Waals surface area contributed by atoms with Crippen LogP contribution in [0.1, 0.15) is 78.0 Å². The maximum Gasteiger partial charge on any atom is -0.00259 e. The van der Waals surface area contributed by atoms with Gasteiger partial charge in [-0.25, -0.2) is 0 Å². The predicted molar refractivity (Wildman–Crippen MR) is 234 cm³/mol. The van der Waals surface area contributed by atoms with Crippen LogP contribution in [0.5, 0.6) is 0 Å². The number of hydrogen-bond acceptors (Lipinski definition) is 0. The highest BCUT2D eigenvalue weighted by Crippen LogP contribution is 2.48. The lowest BCUT2D eigenvalue weighted by Gasteiger charge is -2.25. The second kappa shape index (κ2) is 12.0. The minimum Gasteiger partial charge on any atom is -0.0616 e. The lowest BCUT2D eigenvalue weighted by Crippen LogP contribution is -2.12. The molecule has 0 aliphatic rings. The second-order valence-electron chi connectivity index (χ2n) is 17.6. The van der Waals surface area contributed by atoms with Gasteiger partial charge in [0, 0.05) is 0 Å². The van der Waals surface area contributed by atoms with Gasteiger partial charge in [-0.05, 0) is 145 Å². The molecule has 0 amide bonds. The van der Waals surface area contributed by atoms with E-state index in [1.54, 1.807) is 0 Å². The third-order valence-electron chi connectivity index (χ3n) is 11.6. The molecule has 0 spiro atoms. The van der Waals surface area contributed by atoms with E-state index in [-0.39, 0.29) is 10.8 Å². The minimum atomic E-state index is 0.0170. The first-order chi connectivity index (χ1) is 25.4. The van der Waals surface area contributed by atoms with E-state index in [2.05, 4.69) is 195 Å². The first kappa shape index (κ1) is 33.4. The summed E-state index contributed by atoms with van der Waals surface area (Å²) in [4.78, 5) is 0. The van der Waals surface area contributed by atoms with Gasteiger partial charge in [0.1, 0.15) is 0 Å². The minimum absolute atomic E-state index is 0.0170. The SMILES string of the molecule is CC(C)c1cc(-c2c3ccccc3c(-c3cccc(C(C)(C)C)c3)c3cc4c5cc6ccccc6cc5c5ccccc5c4cc23)cc(C(C)(C)C)c1. The molecule has 0 unspecified atom stereocenters. The van der Waals surface area contributed by atoms with E-state index < -0.39 is 0 Å². The quantitative estimate of drug-likeness (QED) is 0.128. The first-order valence-corrected chi connectivity index (χ1v) is 19.3. The Labute approximate surface area is 314 Å². The van der Waals surface area contributed by atoms with Crippen LogP contribution in [0.25, 0.3) is 86.9 Å². The Hall–Kier alpha value is -5.46. The molecule has 0 saturated heterocycles. The lowest BCUT2D eigenvalue weighted by atomic mass is 9.79. The maximum absolute atomic E-state index is 2.54. The van der Waals surface area contributed by atoms with Gasteiger partial charge in [-0.2, -0.15) is 0 Å². The molecule has 9 aromatic carbocycles. The average Bonchev–Trinajstić information content (AvgIpc) is 3.15. The van der Waals surface area contributed by atoms with Crippen LogP contribution in [0.15, 0.2) is 140 Å². The van der Waals surface area contributed by atoms with Crippen LogP contribution < -0.4 is 0 Å². The highest BCUT2D eigenvalue weighted by molar-refractivity contribution is 6.32. The van der Waals surface area contributed by atoms with Gasteiger partial charge >= 0.3 is 0 Å². The molecule has 9 aromatic rings. The van der Waals surface area contributed by atoms with Crippen molar-refractivity contribution >= 4 is 64.6 Å². The Morgan fingerprint density at radius 3 is 1.34 bits per heavy atom. The summed E-state index contributed by atoms with van der Waals surface area (Å²) >= 11 is 0. The van der Waals surface area contributed by atoms with Crippen LogP contribution >= 0.6 is 0 Å². The van der Waals surface area contributed by atoms with Gasteiger partial charge in [0.05, 0.1) is 0 Å². The van der Waals surface area contributed by atoms with E-state index in [0.29, 0.717) is 5.92 Å². The molecule has 0 saturated carbocycles. The molecule has 9 rings (SSSR count). The Morgan fingerprint density at radius 2 is 0.792 bits per heavy atom. The van der Waals surface area contributed by atoms with Gasteiger partial charge in [0.25, 0.3) is 0 Å². The van der Waals surface area contributed by atoms with Gasteiger partial charge in [-0.1, -0.05) is 171 Å². The predicted octanol–water partition coefficient (Wildman–Crippen LogP) is 15.7. The molecule has 0 nitrogen and oxygen atoms in total. The summed E-state index contributed by atoms with van der Waals surface area (Å²) < 4.78 is 0. The van der Waals surface area contributed by atoms with E-state index in [9.17, 15) is 0 Å². The molecule has 260 valence electrons. The van der Waals surface area contributed by atoms with Gasteiger partial charge in [0.15, 0.2) is 0 Å². The topological polar surface area (TPSA) is 0 Å². The van der Waals surface area contributed by atoms with Crippen LogP contribution in [0.2, 0.25) is 0 Å². The molecule has 0 bridgehead atoms. The van der Waals surface area contributed by atoms with E-state index in [4.69, 9.17) is 0 Å². The van der Waals surface area contributed by atoms with Gasteiger partial charge in [-0.15, -0.1) is 0 Å². The Morgan fingerprint density at radius 1 is 0.340 bits per heavy atom. The zero-order valence-electron chi connectivity index (χ0n) is 32.4. The van der Waals surface area contributed by atoms with Crippen LogP contribution in [0.4, 0.5) is 0 Å². The van der Waals surface area contributed by atoms with Gasteiger partial charge < -0.3 is 0 Å². The third-order valence-corrected chi connectivity index (χ3v) is 11.6. The van der Waals surface area contributed by atoms with Crippen molar-refractivity contribution in [1.29, 1.82) is 0 Å². The van der Waals surface area contributed by atoms with Crippen LogP contribution in [0.3, 0.4) is 0 Å². The molecular weight excluding hydrogens is 637 g/mol. The maximum atomic E-state index is 2.54. The fourth-order valence-corrected chi connectivity index (χ4v) is 8.63. The van der Waals surface area contributed by atoms with Crippen molar-refractivity contribution in [2.24, 2.45) is 0 Å². The fourth-order valence-electron chi connectivity index (χ4n) is 8.63. The summed E-state index contributed by atoms with van der Waals surface area (Å²) in [6.07, 6.45) is 0. The molecule has 0 radical (unpaired) electrons. The number of benzene rings is 9. The summed E-state index contributed by atoms with van der Waals surface area (Å²) in [5.74, 6) is 0.416. The molecular formula is C53H48. The normalized spacial score (nSPS) is 12.7. The molecule has 0 aliphatic carbocycles. The number of hydrogen-bond donors (Lipinski definition) is 0. The van der Waals surface area contributed by atoms with Crippen molar-refractivity contribution in [2.45, 2.75) is 72.1 Å². The molecule has 0 heteroatoms. The van der Waals surface area contributed by atoms with Crippen molar-refractivity contribution in [3.05, 3.63) is 156 Å². The van der Waals surface area contributed by atoms with Crippen molar-refractivity contribution < 1.29 is 0 Å². The van der Waals surface area contributed by atoms with E-state index >= 15 is 0 Å². The molecule has 0 heterocycles. The third kappa shape index (κ3) is 5.50. The standard InChI is InChI=1S/C53H48/c1-32(2)36-24-37(27-39(26-36)53(6,7)8)51-43-23-14-13-22-42(43)50(35-18-15-19-38(25-35)52(3,4)5)48-31-47-45-29-34-17-10-9-16-33(34)28-44(45)40-20-11-12-21-41(40)46(47)30-49(48)51/h9-32H,1-8H3. The molecule has 53 heavy (non-hydrogen) atoms. The van der Waals surface area contributed by atoms with Crippen molar-refractivity contribution in [3.8, 4) is 22.3 Å². The van der Waals surface area contributed by atoms with Crippen LogP contribution in [-0.4, -0.2) is 0 Å². The summed E-state index contributed by atoms with van der Waals surface area (Å²) in [5.41, 5.74) is 9.36. The first-order valence-electron chi connectivity index (χ1n) is 19.3. The molecule has 0 N–H and O–H groups in total. The molecule has 0 aromatic heterocycles. The second-order valence-corrected chi connectivity index (χ2v) is 17.6. The van der Waals surface area contributed by atoms with Crippen molar-refractivity contribution in [2.75, 3.05) is 0 Å². The summed E-state index contributed by atoms with van der Waals surface area (Å²) in [6, 6.07) is 53.5. The largest absolute Gasteiger partial charge is 0.0616 e. The van der Waals surface area contributed by atoms with E-state index in [0.717, 1.165) is 0 Å². The zero-order chi connectivity index (χ0) is 36.8. The van der Waals surface area contributed by atoms with Gasteiger partial charge in [0.2, 0.25) is 0 Å². The van der Waals surface area contributed by atoms with E-state index in [1.807, 2.05) is 0 Å². The van der Waals surface area contributed by atoms with Crippen LogP contribution in [-0.2, 0) is 10.8 Å². The average molecular weight is 685 g/mol. The van der Waals surface area contributed by atoms with E-state index in [1.165, 1.54) is 104 Å². The van der Waals surface area contributed by atoms with Crippen molar-refractivity contribution in [1.82, 2.24) is 0 Å². The molecule has 0 fully saturated rings. The Bertz CT molecular complexity index is 2920. The monoisotopic (exact) mass is 684 g/mol. The number of rotatable bonds is 3. The number of fused-ring (bicyclic) bond motifs is 9. The fraction of sp³-hybridized carbons (Fsp3) is 0.208. The van der Waals surface area contributed by atoms with Gasteiger partial charge in [-0.3, -0.25) is 0 Å². The highest BCUT2D eigenvalue weighted by Gasteiger charge is 2.23. The highest BCUT2D eigenvalue weighted by atomic mass is 14.3. The zero-order valence-corrected chi connectivity index (χ0v) is 32.4. The van der Waals surface area contributed by atoms with Crippen LogP contribution in [0, 0.1) is 0 Å².